The number of benzene rings is 1. The fourth-order valence-electron chi connectivity index (χ4n) is 2.92. The van der Waals surface area contributed by atoms with Crippen LogP contribution >= 0.6 is 11.8 Å². The summed E-state index contributed by atoms with van der Waals surface area (Å²) in [5, 5.41) is 13.6. The number of aromatic nitrogens is 5. The number of nitrogens with one attached hydrogen (secondary N) is 2. The fourth-order valence-corrected chi connectivity index (χ4v) is 3.62. The Labute approximate surface area is 173 Å². The fraction of sp³-hybridized carbons (Fsp3) is 0.158. The number of fused-ring (bicyclic) bond motifs is 1. The number of hydrogen-bond donors (Lipinski definition) is 2. The number of hydrogen-bond acceptors (Lipinski definition) is 6. The van der Waals surface area contributed by atoms with Gasteiger partial charge in [0.25, 0.3) is 5.91 Å². The van der Waals surface area contributed by atoms with Gasteiger partial charge < -0.3 is 10.1 Å². The highest BCUT2D eigenvalue weighted by molar-refractivity contribution is 7.99. The molecule has 4 rings (SSSR count). The number of alkyl halides is 2. The molecule has 0 saturated heterocycles. The van der Waals surface area contributed by atoms with E-state index < -0.39 is 12.5 Å². The van der Waals surface area contributed by atoms with Crippen LogP contribution in [0.25, 0.3) is 16.9 Å². The zero-order chi connectivity index (χ0) is 21.1. The largest absolute Gasteiger partial charge is 0.434 e. The number of amides is 1. The first-order chi connectivity index (χ1) is 14.6. The zero-order valence-corrected chi connectivity index (χ0v) is 16.5. The molecule has 2 N–H and O–H groups in total. The molecule has 3 heterocycles. The van der Waals surface area contributed by atoms with E-state index in [1.54, 1.807) is 42.4 Å². The van der Waals surface area contributed by atoms with Crippen molar-refractivity contribution in [2.75, 3.05) is 11.1 Å². The van der Waals surface area contributed by atoms with Crippen LogP contribution in [0.15, 0.2) is 53.9 Å². The Morgan fingerprint density at radius 2 is 2.23 bits per heavy atom. The second kappa shape index (κ2) is 8.49. The monoisotopic (exact) mass is 430 g/mol. The molecule has 0 aliphatic heterocycles. The first kappa shape index (κ1) is 19.8. The van der Waals surface area contributed by atoms with Crippen molar-refractivity contribution >= 4 is 29.0 Å². The Balaban J connectivity index is 1.69. The molecule has 154 valence electrons. The molecular weight excluding hydrogens is 414 g/mol. The van der Waals surface area contributed by atoms with Crippen LogP contribution in [0.4, 0.5) is 14.5 Å². The van der Waals surface area contributed by atoms with E-state index in [1.807, 2.05) is 6.92 Å². The van der Waals surface area contributed by atoms with Crippen LogP contribution in [0.2, 0.25) is 0 Å². The van der Waals surface area contributed by atoms with Gasteiger partial charge in [0, 0.05) is 22.9 Å². The number of nitrogens with zero attached hydrogens (tertiary/aromatic N) is 4. The maximum Gasteiger partial charge on any atom is 0.387 e. The highest BCUT2D eigenvalue weighted by Gasteiger charge is 2.20. The van der Waals surface area contributed by atoms with Crippen molar-refractivity contribution in [1.82, 2.24) is 24.8 Å². The minimum absolute atomic E-state index is 0.0251. The number of carbonyl (C=O) groups excluding carboxylic acids is 1. The number of halogens is 2. The Hall–Kier alpha value is -3.47. The van der Waals surface area contributed by atoms with Crippen LogP contribution in [0.3, 0.4) is 0 Å². The van der Waals surface area contributed by atoms with Gasteiger partial charge >= 0.3 is 6.61 Å². The van der Waals surface area contributed by atoms with E-state index in [0.717, 1.165) is 10.6 Å². The van der Waals surface area contributed by atoms with Crippen LogP contribution in [0.5, 0.6) is 5.75 Å². The molecule has 1 aromatic carbocycles. The lowest BCUT2D eigenvalue weighted by atomic mass is 10.1. The summed E-state index contributed by atoms with van der Waals surface area (Å²) >= 11 is 1.55. The minimum Gasteiger partial charge on any atom is -0.434 e. The molecule has 0 unspecified atom stereocenters. The normalized spacial score (nSPS) is 11.2. The van der Waals surface area contributed by atoms with Crippen molar-refractivity contribution in [1.29, 1.82) is 0 Å². The number of thioether (sulfide) groups is 1. The summed E-state index contributed by atoms with van der Waals surface area (Å²) in [5.74, 6) is 0.326. The molecular formula is C19H16F2N6O2S. The first-order valence-electron chi connectivity index (χ1n) is 8.92. The van der Waals surface area contributed by atoms with E-state index in [-0.39, 0.29) is 11.3 Å². The van der Waals surface area contributed by atoms with E-state index in [2.05, 4.69) is 30.3 Å². The third-order valence-corrected chi connectivity index (χ3v) is 5.03. The number of ether oxygens (including phenoxy) is 1. The van der Waals surface area contributed by atoms with E-state index in [0.29, 0.717) is 22.6 Å². The van der Waals surface area contributed by atoms with E-state index >= 15 is 0 Å². The quantitative estimate of drug-likeness (QED) is 0.429. The molecule has 0 aliphatic carbocycles. The van der Waals surface area contributed by atoms with Crippen LogP contribution < -0.4 is 10.1 Å². The number of anilines is 1. The van der Waals surface area contributed by atoms with Gasteiger partial charge in [-0.2, -0.15) is 19.0 Å². The summed E-state index contributed by atoms with van der Waals surface area (Å²) in [4.78, 5) is 17.8. The van der Waals surface area contributed by atoms with Crippen LogP contribution in [0, 0.1) is 0 Å². The molecule has 3 aromatic heterocycles. The standard InChI is InChI=1S/C19H16F2N6O2S/c1-2-30-11-4-5-15(29-19(20)21)12(8-11)16-14(10-23-26-16)25-18(28)13-9-24-27-7-3-6-22-17(13)27/h3-10,19H,2H2,1H3,(H,23,26)(H,25,28). The Morgan fingerprint density at radius 1 is 1.37 bits per heavy atom. The molecule has 0 radical (unpaired) electrons. The Kier molecular flexibility index (Phi) is 5.61. The molecule has 0 saturated carbocycles. The minimum atomic E-state index is -2.99. The molecule has 0 fully saturated rings. The summed E-state index contributed by atoms with van der Waals surface area (Å²) in [6.45, 7) is -1.00. The predicted molar refractivity (Wildman–Crippen MR) is 108 cm³/mol. The number of rotatable bonds is 7. The second-order valence-electron chi connectivity index (χ2n) is 6.03. The summed E-state index contributed by atoms with van der Waals surface area (Å²) in [6.07, 6.45) is 6.04. The van der Waals surface area contributed by atoms with Gasteiger partial charge in [-0.25, -0.2) is 9.50 Å². The summed E-state index contributed by atoms with van der Waals surface area (Å²) in [5.41, 5.74) is 1.68. The molecule has 8 nitrogen and oxygen atoms in total. The van der Waals surface area contributed by atoms with Crippen molar-refractivity contribution in [3.8, 4) is 17.0 Å². The maximum atomic E-state index is 12.9. The number of H-pyrrole nitrogens is 1. The van der Waals surface area contributed by atoms with Gasteiger partial charge in [0.1, 0.15) is 11.3 Å². The Bertz CT molecular complexity index is 1190. The highest BCUT2D eigenvalue weighted by atomic mass is 32.2. The van der Waals surface area contributed by atoms with Gasteiger partial charge in [0.05, 0.1) is 23.8 Å². The van der Waals surface area contributed by atoms with Crippen LogP contribution in [0.1, 0.15) is 17.3 Å². The van der Waals surface area contributed by atoms with Crippen LogP contribution in [-0.2, 0) is 0 Å². The number of carbonyl (C=O) groups is 1. The van der Waals surface area contributed by atoms with Gasteiger partial charge in [0.15, 0.2) is 5.65 Å². The average molecular weight is 430 g/mol. The molecule has 0 bridgehead atoms. The van der Waals surface area contributed by atoms with Crippen molar-refractivity contribution in [3.63, 3.8) is 0 Å². The highest BCUT2D eigenvalue weighted by Crippen LogP contribution is 2.37. The molecule has 0 spiro atoms. The van der Waals surface area contributed by atoms with E-state index in [9.17, 15) is 13.6 Å². The molecule has 0 atom stereocenters. The average Bonchev–Trinajstić information content (AvgIpc) is 3.36. The molecule has 11 heteroatoms. The van der Waals surface area contributed by atoms with Crippen molar-refractivity contribution in [3.05, 3.63) is 54.6 Å². The zero-order valence-electron chi connectivity index (χ0n) is 15.7. The van der Waals surface area contributed by atoms with Crippen LogP contribution in [-0.4, -0.2) is 43.1 Å². The summed E-state index contributed by atoms with van der Waals surface area (Å²) in [6, 6.07) is 6.59. The maximum absolute atomic E-state index is 12.9. The summed E-state index contributed by atoms with van der Waals surface area (Å²) < 4.78 is 31.9. The van der Waals surface area contributed by atoms with E-state index in [4.69, 9.17) is 0 Å². The summed E-state index contributed by atoms with van der Waals surface area (Å²) in [7, 11) is 0. The Morgan fingerprint density at radius 3 is 3.03 bits per heavy atom. The van der Waals surface area contributed by atoms with Gasteiger partial charge in [0.2, 0.25) is 0 Å². The lowest BCUT2D eigenvalue weighted by Crippen LogP contribution is -2.12. The van der Waals surface area contributed by atoms with Gasteiger partial charge in [-0.3, -0.25) is 9.89 Å². The second-order valence-corrected chi connectivity index (χ2v) is 7.37. The molecule has 0 aliphatic rings. The smallest absolute Gasteiger partial charge is 0.387 e. The molecule has 30 heavy (non-hydrogen) atoms. The third kappa shape index (κ3) is 3.96. The van der Waals surface area contributed by atoms with Gasteiger partial charge in [-0.15, -0.1) is 11.8 Å². The first-order valence-corrected chi connectivity index (χ1v) is 9.90. The van der Waals surface area contributed by atoms with Gasteiger partial charge in [-0.1, -0.05) is 6.92 Å². The van der Waals surface area contributed by atoms with Crippen molar-refractivity contribution < 1.29 is 18.3 Å². The predicted octanol–water partition coefficient (Wildman–Crippen LogP) is 4.09. The lowest BCUT2D eigenvalue weighted by molar-refractivity contribution is -0.0494. The molecule has 1 amide bonds. The topological polar surface area (TPSA) is 97.2 Å². The lowest BCUT2D eigenvalue weighted by Gasteiger charge is -2.13. The van der Waals surface area contributed by atoms with Crippen molar-refractivity contribution in [2.24, 2.45) is 0 Å². The SMILES string of the molecule is CCSc1ccc(OC(F)F)c(-c2[nH]ncc2NC(=O)c2cnn3cccnc23)c1. The van der Waals surface area contributed by atoms with Crippen molar-refractivity contribution in [2.45, 2.75) is 18.4 Å². The van der Waals surface area contributed by atoms with Gasteiger partial charge in [-0.05, 0) is 30.0 Å². The third-order valence-electron chi connectivity index (χ3n) is 4.16. The molecule has 4 aromatic rings. The number of aromatic amines is 1. The van der Waals surface area contributed by atoms with E-state index in [1.165, 1.54) is 23.0 Å².